The zero-order valence-corrected chi connectivity index (χ0v) is 26.2. The minimum absolute atomic E-state index is 0.00291. The number of allylic oxidation sites excluding steroid dienone is 5. The number of rotatable bonds is 14. The first-order chi connectivity index (χ1) is 20.7. The molecule has 0 aromatic heterocycles. The van der Waals surface area contributed by atoms with Crippen molar-refractivity contribution >= 4 is 21.8 Å². The molecule has 0 fully saturated rings. The van der Waals surface area contributed by atoms with Crippen LogP contribution in [0, 0.1) is 0 Å². The van der Waals surface area contributed by atoms with Crippen LogP contribution in [0.5, 0.6) is 11.5 Å². The van der Waals surface area contributed by atoms with Crippen molar-refractivity contribution in [2.75, 3.05) is 25.0 Å². The fourth-order valence-corrected chi connectivity index (χ4v) is 5.33. The number of para-hydroxylation sites is 2. The summed E-state index contributed by atoms with van der Waals surface area (Å²) in [6, 6.07) is 14.2. The molecule has 0 aliphatic carbocycles. The molecule has 2 aromatic rings. The highest BCUT2D eigenvalue weighted by atomic mass is 32.2. The second-order valence-electron chi connectivity index (χ2n) is 9.87. The van der Waals surface area contributed by atoms with Crippen molar-refractivity contribution in [3.05, 3.63) is 113 Å². The van der Waals surface area contributed by atoms with Crippen LogP contribution in [0.2, 0.25) is 0 Å². The summed E-state index contributed by atoms with van der Waals surface area (Å²) in [4.78, 5) is 4.84. The molecule has 10 heteroatoms. The molecule has 0 spiro atoms. The molecule has 0 bridgehead atoms. The number of aliphatic hydroxyl groups is 1. The fraction of sp³-hybridized carbons (Fsp3) is 0.303. The molecule has 0 radical (unpaired) electrons. The van der Waals surface area contributed by atoms with Gasteiger partial charge in [-0.25, -0.2) is 4.99 Å². The Morgan fingerprint density at radius 1 is 1.12 bits per heavy atom. The van der Waals surface area contributed by atoms with E-state index in [1.807, 2.05) is 44.2 Å². The van der Waals surface area contributed by atoms with E-state index in [1.54, 1.807) is 42.5 Å². The second-order valence-corrected chi connectivity index (χ2v) is 11.3. The van der Waals surface area contributed by atoms with Gasteiger partial charge in [-0.1, -0.05) is 75.9 Å². The molecular formula is C33H41N3O6S. The van der Waals surface area contributed by atoms with Gasteiger partial charge in [-0.3, -0.25) is 9.44 Å². The average molecular weight is 608 g/mol. The lowest BCUT2D eigenvalue weighted by Crippen LogP contribution is -2.32. The summed E-state index contributed by atoms with van der Waals surface area (Å²) in [5.41, 5.74) is 3.85. The Bertz CT molecular complexity index is 1530. The number of nitrogens with one attached hydrogen (secondary N) is 2. The third-order valence-electron chi connectivity index (χ3n) is 6.45. The van der Waals surface area contributed by atoms with Gasteiger partial charge in [0, 0.05) is 6.42 Å². The number of ether oxygens (including phenoxy) is 3. The zero-order valence-electron chi connectivity index (χ0n) is 25.4. The van der Waals surface area contributed by atoms with Crippen LogP contribution in [0.3, 0.4) is 0 Å². The van der Waals surface area contributed by atoms with Crippen LogP contribution < -0.4 is 18.9 Å². The predicted molar refractivity (Wildman–Crippen MR) is 172 cm³/mol. The van der Waals surface area contributed by atoms with Crippen LogP contribution in [0.25, 0.3) is 0 Å². The van der Waals surface area contributed by atoms with Crippen LogP contribution >= 0.6 is 0 Å². The maximum atomic E-state index is 13.5. The smallest absolute Gasteiger partial charge is 0.321 e. The van der Waals surface area contributed by atoms with E-state index in [1.165, 1.54) is 7.11 Å². The molecule has 9 nitrogen and oxygen atoms in total. The van der Waals surface area contributed by atoms with Gasteiger partial charge >= 0.3 is 10.2 Å². The Morgan fingerprint density at radius 2 is 1.81 bits per heavy atom. The van der Waals surface area contributed by atoms with Crippen LogP contribution in [0.1, 0.15) is 52.0 Å². The Morgan fingerprint density at radius 3 is 2.40 bits per heavy atom. The number of nitrogens with zero attached hydrogens (tertiary/aromatic N) is 1. The number of anilines is 1. The molecule has 230 valence electrons. The highest BCUT2D eigenvalue weighted by Crippen LogP contribution is 2.34. The van der Waals surface area contributed by atoms with E-state index < -0.39 is 10.2 Å². The molecule has 1 aliphatic rings. The van der Waals surface area contributed by atoms with Gasteiger partial charge in [-0.15, -0.1) is 0 Å². The molecular weight excluding hydrogens is 566 g/mol. The first kappa shape index (κ1) is 33.2. The van der Waals surface area contributed by atoms with Crippen molar-refractivity contribution in [1.29, 1.82) is 0 Å². The van der Waals surface area contributed by atoms with Crippen LogP contribution in [0.4, 0.5) is 5.69 Å². The van der Waals surface area contributed by atoms with E-state index in [-0.39, 0.29) is 37.0 Å². The van der Waals surface area contributed by atoms with E-state index >= 15 is 0 Å². The number of aliphatic imine (C=N–C) groups is 1. The molecule has 0 saturated heterocycles. The zero-order chi connectivity index (χ0) is 31.4. The maximum absolute atomic E-state index is 13.5. The van der Waals surface area contributed by atoms with Gasteiger partial charge in [0.25, 0.3) is 5.90 Å². The van der Waals surface area contributed by atoms with Gasteiger partial charge < -0.3 is 19.3 Å². The van der Waals surface area contributed by atoms with E-state index in [4.69, 9.17) is 19.2 Å². The summed E-state index contributed by atoms with van der Waals surface area (Å²) in [5.74, 6) is 1.10. The third-order valence-corrected chi connectivity index (χ3v) is 7.47. The summed E-state index contributed by atoms with van der Waals surface area (Å²) in [7, 11) is -2.64. The van der Waals surface area contributed by atoms with Crippen LogP contribution in [0.15, 0.2) is 113 Å². The average Bonchev–Trinajstić information content (AvgIpc) is 3.12. The van der Waals surface area contributed by atoms with Gasteiger partial charge in [0.15, 0.2) is 11.5 Å². The minimum Gasteiger partial charge on any atom is -0.493 e. The highest BCUT2D eigenvalue weighted by Gasteiger charge is 2.29. The van der Waals surface area contributed by atoms with E-state index in [0.29, 0.717) is 35.2 Å². The normalized spacial score (nSPS) is 14.5. The molecule has 0 saturated carbocycles. The van der Waals surface area contributed by atoms with Crippen LogP contribution in [-0.4, -0.2) is 39.7 Å². The maximum Gasteiger partial charge on any atom is 0.321 e. The molecule has 2 aromatic carbocycles. The molecule has 3 rings (SSSR count). The Labute approximate surface area is 255 Å². The Hall–Kier alpha value is -4.28. The number of benzene rings is 2. The van der Waals surface area contributed by atoms with Gasteiger partial charge in [0.05, 0.1) is 30.8 Å². The Kier molecular flexibility index (Phi) is 12.2. The molecule has 1 heterocycles. The van der Waals surface area contributed by atoms with E-state index in [2.05, 4.69) is 29.9 Å². The van der Waals surface area contributed by atoms with Crippen LogP contribution in [-0.2, 0) is 14.9 Å². The Balaban J connectivity index is 2.20. The summed E-state index contributed by atoms with van der Waals surface area (Å²) in [6.45, 7) is 11.4. The quantitative estimate of drug-likeness (QED) is 0.211. The topological polar surface area (TPSA) is 118 Å². The van der Waals surface area contributed by atoms with Crippen molar-refractivity contribution in [3.63, 3.8) is 0 Å². The standard InChI is InChI=1S/C33H41N3O6S/c1-7-12-26(13-8-2)31-24(9-3)22-28(36-43(38,39)35-27-18-16-25(17-19-27)23(4)5)32(33(34-31)41-21-20-37)42-30-15-11-10-14-29(30)40-6/h7-8,10-19,23,35-37H,1,9,20-22H2,2-6H3/b13-8-,26-12+. The first-order valence-electron chi connectivity index (χ1n) is 14.1. The summed E-state index contributed by atoms with van der Waals surface area (Å²) < 4.78 is 50.1. The number of hydrogen-bond donors (Lipinski definition) is 3. The molecule has 43 heavy (non-hydrogen) atoms. The SMILES string of the molecule is C=C/C=C(\C=C/C)C1=C(CC)CC(NS(=O)(=O)Nc2ccc(C(C)C)cc2)=C(Oc2ccccc2OC)C(OCCO)=N1. The molecule has 0 amide bonds. The molecule has 0 atom stereocenters. The molecule has 1 aliphatic heterocycles. The van der Waals surface area contributed by atoms with Crippen molar-refractivity contribution in [3.8, 4) is 11.5 Å². The second kappa shape index (κ2) is 15.8. The third kappa shape index (κ3) is 9.10. The monoisotopic (exact) mass is 607 g/mol. The summed E-state index contributed by atoms with van der Waals surface area (Å²) >= 11 is 0. The first-order valence-corrected chi connectivity index (χ1v) is 15.6. The minimum atomic E-state index is -4.15. The molecule has 0 unspecified atom stereocenters. The van der Waals surface area contributed by atoms with Crippen molar-refractivity contribution in [1.82, 2.24) is 4.72 Å². The lowest BCUT2D eigenvalue weighted by atomic mass is 10.0. The van der Waals surface area contributed by atoms with Crippen molar-refractivity contribution in [2.24, 2.45) is 4.99 Å². The lowest BCUT2D eigenvalue weighted by molar-refractivity contribution is 0.189. The van der Waals surface area contributed by atoms with E-state index in [0.717, 1.165) is 16.7 Å². The van der Waals surface area contributed by atoms with Gasteiger partial charge in [-0.05, 0) is 60.2 Å². The highest BCUT2D eigenvalue weighted by molar-refractivity contribution is 7.90. The largest absolute Gasteiger partial charge is 0.493 e. The lowest BCUT2D eigenvalue weighted by Gasteiger charge is -2.19. The number of aliphatic hydroxyl groups excluding tert-OH is 1. The summed E-state index contributed by atoms with van der Waals surface area (Å²) in [5, 5.41) is 9.61. The van der Waals surface area contributed by atoms with Gasteiger partial charge in [-0.2, -0.15) is 8.42 Å². The number of hydrogen-bond acceptors (Lipinski definition) is 7. The summed E-state index contributed by atoms with van der Waals surface area (Å²) in [6.07, 6.45) is 7.93. The fourth-order valence-electron chi connectivity index (χ4n) is 4.34. The van der Waals surface area contributed by atoms with E-state index in [9.17, 15) is 13.5 Å². The number of methoxy groups -OCH3 is 1. The van der Waals surface area contributed by atoms with Crippen molar-refractivity contribution in [2.45, 2.75) is 46.5 Å². The van der Waals surface area contributed by atoms with Gasteiger partial charge in [0.2, 0.25) is 5.76 Å². The van der Waals surface area contributed by atoms with Crippen molar-refractivity contribution < 1.29 is 27.7 Å². The predicted octanol–water partition coefficient (Wildman–Crippen LogP) is 6.52. The molecule has 3 N–H and O–H groups in total. The van der Waals surface area contributed by atoms with Gasteiger partial charge in [0.1, 0.15) is 6.61 Å².